The quantitative estimate of drug-likeness (QED) is 0.553. The molecule has 0 heterocycles. The Morgan fingerprint density at radius 3 is 2.22 bits per heavy atom. The highest BCUT2D eigenvalue weighted by molar-refractivity contribution is 5.94. The number of benzene rings is 2. The number of anilines is 1. The molecule has 2 aromatic rings. The van der Waals surface area contributed by atoms with Gasteiger partial charge in [0.2, 0.25) is 5.91 Å². The van der Waals surface area contributed by atoms with Crippen molar-refractivity contribution in [2.45, 2.75) is 0 Å². The summed E-state index contributed by atoms with van der Waals surface area (Å²) in [5, 5.41) is 9.79. The fourth-order valence-electron chi connectivity index (χ4n) is 2.05. The van der Waals surface area contributed by atoms with Gasteiger partial charge in [-0.25, -0.2) is 13.6 Å². The highest BCUT2D eigenvalue weighted by Crippen LogP contribution is 2.08. The van der Waals surface area contributed by atoms with E-state index in [1.165, 1.54) is 42.5 Å². The van der Waals surface area contributed by atoms with Crippen molar-refractivity contribution in [2.75, 3.05) is 25.0 Å². The lowest BCUT2D eigenvalue weighted by Crippen LogP contribution is -2.42. The fraction of sp³-hybridized carbons (Fsp3) is 0.167. The van der Waals surface area contributed by atoms with E-state index >= 15 is 0 Å². The van der Waals surface area contributed by atoms with Gasteiger partial charge in [-0.2, -0.15) is 0 Å². The van der Waals surface area contributed by atoms with Crippen LogP contribution in [-0.2, 0) is 4.79 Å². The SMILES string of the molecule is O=C(CNC(=O)NCCNC(=O)c1ccc(F)cc1)Nc1cccc(F)c1. The van der Waals surface area contributed by atoms with E-state index in [4.69, 9.17) is 0 Å². The predicted molar refractivity (Wildman–Crippen MR) is 95.2 cm³/mol. The Hall–Kier alpha value is -3.49. The minimum atomic E-state index is -0.597. The molecular formula is C18H18F2N4O3. The van der Waals surface area contributed by atoms with Gasteiger partial charge in [0.05, 0.1) is 6.54 Å². The number of carbonyl (C=O) groups is 3. The Morgan fingerprint density at radius 2 is 1.52 bits per heavy atom. The molecule has 2 rings (SSSR count). The van der Waals surface area contributed by atoms with Crippen LogP contribution in [0.15, 0.2) is 48.5 Å². The van der Waals surface area contributed by atoms with Gasteiger partial charge >= 0.3 is 6.03 Å². The molecule has 0 saturated heterocycles. The zero-order valence-electron chi connectivity index (χ0n) is 14.2. The molecule has 9 heteroatoms. The highest BCUT2D eigenvalue weighted by atomic mass is 19.1. The molecule has 4 N–H and O–H groups in total. The van der Waals surface area contributed by atoms with Gasteiger partial charge in [-0.05, 0) is 42.5 Å². The molecule has 0 atom stereocenters. The Labute approximate surface area is 154 Å². The van der Waals surface area contributed by atoms with Gasteiger partial charge in [-0.3, -0.25) is 9.59 Å². The summed E-state index contributed by atoms with van der Waals surface area (Å²) in [6, 6.07) is 9.82. The van der Waals surface area contributed by atoms with E-state index < -0.39 is 29.5 Å². The van der Waals surface area contributed by atoms with E-state index in [0.717, 1.165) is 6.07 Å². The fourth-order valence-corrected chi connectivity index (χ4v) is 2.05. The van der Waals surface area contributed by atoms with Gasteiger partial charge in [0.1, 0.15) is 11.6 Å². The topological polar surface area (TPSA) is 99.3 Å². The Bertz CT molecular complexity index is 813. The van der Waals surface area contributed by atoms with Crippen molar-refractivity contribution in [3.8, 4) is 0 Å². The van der Waals surface area contributed by atoms with Crippen molar-refractivity contribution in [3.63, 3.8) is 0 Å². The predicted octanol–water partition coefficient (Wildman–Crippen LogP) is 1.63. The van der Waals surface area contributed by atoms with E-state index in [9.17, 15) is 23.2 Å². The lowest BCUT2D eigenvalue weighted by Gasteiger charge is -2.09. The van der Waals surface area contributed by atoms with Gasteiger partial charge in [-0.1, -0.05) is 6.07 Å². The van der Waals surface area contributed by atoms with Gasteiger partial charge in [0.15, 0.2) is 0 Å². The molecule has 0 aliphatic heterocycles. The molecule has 0 spiro atoms. The molecule has 27 heavy (non-hydrogen) atoms. The maximum Gasteiger partial charge on any atom is 0.315 e. The molecule has 0 aliphatic rings. The molecule has 4 amide bonds. The van der Waals surface area contributed by atoms with Gasteiger partial charge in [0, 0.05) is 24.3 Å². The van der Waals surface area contributed by atoms with Crippen molar-refractivity contribution >= 4 is 23.5 Å². The number of nitrogens with one attached hydrogen (secondary N) is 4. The first kappa shape index (κ1) is 19.8. The third kappa shape index (κ3) is 7.10. The van der Waals surface area contributed by atoms with Crippen LogP contribution in [0.5, 0.6) is 0 Å². The first-order chi connectivity index (χ1) is 12.9. The van der Waals surface area contributed by atoms with Gasteiger partial charge in [0.25, 0.3) is 5.91 Å². The molecule has 0 unspecified atom stereocenters. The summed E-state index contributed by atoms with van der Waals surface area (Å²) < 4.78 is 25.8. The Morgan fingerprint density at radius 1 is 0.815 bits per heavy atom. The van der Waals surface area contributed by atoms with E-state index in [0.29, 0.717) is 5.56 Å². The first-order valence-electron chi connectivity index (χ1n) is 8.05. The Balaban J connectivity index is 1.61. The second-order valence-electron chi connectivity index (χ2n) is 5.43. The summed E-state index contributed by atoms with van der Waals surface area (Å²) in [5.74, 6) is -1.83. The van der Waals surface area contributed by atoms with E-state index in [2.05, 4.69) is 21.3 Å². The Kier molecular flexibility index (Phi) is 7.24. The number of rotatable bonds is 7. The summed E-state index contributed by atoms with van der Waals surface area (Å²) in [6.07, 6.45) is 0. The van der Waals surface area contributed by atoms with Crippen LogP contribution in [0.4, 0.5) is 19.3 Å². The van der Waals surface area contributed by atoms with Crippen LogP contribution in [0.3, 0.4) is 0 Å². The zero-order chi connectivity index (χ0) is 19.6. The average molecular weight is 376 g/mol. The van der Waals surface area contributed by atoms with Crippen LogP contribution in [0, 0.1) is 11.6 Å². The second-order valence-corrected chi connectivity index (χ2v) is 5.43. The smallest absolute Gasteiger partial charge is 0.315 e. The van der Waals surface area contributed by atoms with Crippen molar-refractivity contribution in [3.05, 3.63) is 65.7 Å². The maximum atomic E-state index is 13.0. The third-order valence-corrected chi connectivity index (χ3v) is 3.32. The molecular weight excluding hydrogens is 358 g/mol. The van der Waals surface area contributed by atoms with Crippen molar-refractivity contribution in [2.24, 2.45) is 0 Å². The molecule has 0 bridgehead atoms. The van der Waals surface area contributed by atoms with Crippen molar-refractivity contribution in [1.82, 2.24) is 16.0 Å². The number of carbonyl (C=O) groups excluding carboxylic acids is 3. The van der Waals surface area contributed by atoms with E-state index in [-0.39, 0.29) is 25.3 Å². The third-order valence-electron chi connectivity index (χ3n) is 3.32. The summed E-state index contributed by atoms with van der Waals surface area (Å²) in [6.45, 7) is -0.0202. The van der Waals surface area contributed by atoms with Crippen LogP contribution >= 0.6 is 0 Å². The summed E-state index contributed by atoms with van der Waals surface area (Å²) >= 11 is 0. The van der Waals surface area contributed by atoms with Crippen molar-refractivity contribution < 1.29 is 23.2 Å². The number of hydrogen-bond donors (Lipinski definition) is 4. The standard InChI is InChI=1S/C18H18F2N4O3/c19-13-6-4-12(5-7-13)17(26)21-8-9-22-18(27)23-11-16(25)24-15-3-1-2-14(20)10-15/h1-7,10H,8-9,11H2,(H,21,26)(H,24,25)(H2,22,23,27). The van der Waals surface area contributed by atoms with Gasteiger partial charge in [-0.15, -0.1) is 0 Å². The van der Waals surface area contributed by atoms with E-state index in [1.807, 2.05) is 0 Å². The summed E-state index contributed by atoms with van der Waals surface area (Å²) in [4.78, 5) is 35.0. The molecule has 142 valence electrons. The number of amides is 4. The highest BCUT2D eigenvalue weighted by Gasteiger charge is 2.07. The molecule has 2 aromatic carbocycles. The molecule has 0 fully saturated rings. The molecule has 0 aliphatic carbocycles. The monoisotopic (exact) mass is 376 g/mol. The normalized spacial score (nSPS) is 10.0. The lowest BCUT2D eigenvalue weighted by atomic mass is 10.2. The summed E-state index contributed by atoms with van der Waals surface area (Å²) in [5.41, 5.74) is 0.584. The van der Waals surface area contributed by atoms with Crippen LogP contribution < -0.4 is 21.3 Å². The van der Waals surface area contributed by atoms with Crippen molar-refractivity contribution in [1.29, 1.82) is 0 Å². The molecule has 7 nitrogen and oxygen atoms in total. The van der Waals surface area contributed by atoms with Crippen LogP contribution in [-0.4, -0.2) is 37.5 Å². The number of urea groups is 1. The van der Waals surface area contributed by atoms with E-state index in [1.54, 1.807) is 0 Å². The molecule has 0 radical (unpaired) electrons. The number of halogens is 2. The lowest BCUT2D eigenvalue weighted by molar-refractivity contribution is -0.115. The summed E-state index contributed by atoms with van der Waals surface area (Å²) in [7, 11) is 0. The largest absolute Gasteiger partial charge is 0.350 e. The van der Waals surface area contributed by atoms with Gasteiger partial charge < -0.3 is 21.3 Å². The zero-order valence-corrected chi connectivity index (χ0v) is 14.2. The minimum absolute atomic E-state index is 0.129. The number of hydrogen-bond acceptors (Lipinski definition) is 3. The van der Waals surface area contributed by atoms with Crippen LogP contribution in [0.1, 0.15) is 10.4 Å². The maximum absolute atomic E-state index is 13.0. The minimum Gasteiger partial charge on any atom is -0.350 e. The molecule has 0 saturated carbocycles. The van der Waals surface area contributed by atoms with Crippen LogP contribution in [0.2, 0.25) is 0 Å². The van der Waals surface area contributed by atoms with Crippen LogP contribution in [0.25, 0.3) is 0 Å². The average Bonchev–Trinajstić information content (AvgIpc) is 2.64. The second kappa shape index (κ2) is 9.85. The first-order valence-corrected chi connectivity index (χ1v) is 8.05. The molecule has 0 aromatic heterocycles.